The molecule has 0 bridgehead atoms. The zero-order valence-electron chi connectivity index (χ0n) is 63.8. The zero-order chi connectivity index (χ0) is 76.3. The average Bonchev–Trinajstić information content (AvgIpc) is 1.39. The normalized spacial score (nSPS) is 14.3. The second-order valence-corrected chi connectivity index (χ2v) is 31.6. The van der Waals surface area contributed by atoms with Crippen molar-refractivity contribution >= 4 is 41.2 Å². The van der Waals surface area contributed by atoms with Gasteiger partial charge in [0.2, 0.25) is 0 Å². The van der Waals surface area contributed by atoms with Gasteiger partial charge in [0, 0.05) is 44.4 Å². The molecule has 1 aliphatic rings. The van der Waals surface area contributed by atoms with Crippen LogP contribution in [0.2, 0.25) is 0 Å². The fraction of sp³-hybridized carbons (Fsp3) is 0.396. The summed E-state index contributed by atoms with van der Waals surface area (Å²) in [6.45, 7) is 25.6. The molecule has 1 aliphatic carbocycles. The number of Topliss-reactive ketones (excluding diaryl/α,β-unsaturated/α-hetero) is 4. The molecule has 2 unspecified atom stereocenters. The maximum Gasteiger partial charge on any atom is 0.407 e. The summed E-state index contributed by atoms with van der Waals surface area (Å²) in [4.78, 5) is 96.9. The Morgan fingerprint density at radius 2 is 0.686 bits per heavy atom. The van der Waals surface area contributed by atoms with Crippen LogP contribution in [-0.4, -0.2) is 94.5 Å². The van der Waals surface area contributed by atoms with E-state index in [1.165, 1.54) is 0 Å². The number of ether oxygens (including phenoxy) is 5. The molecule has 0 aliphatic heterocycles. The average molecular weight is 1420 g/mol. The van der Waals surface area contributed by atoms with Crippen LogP contribution in [0, 0.1) is 11.8 Å². The second kappa shape index (κ2) is 36.0. The van der Waals surface area contributed by atoms with Crippen molar-refractivity contribution < 1.29 is 57.2 Å². The van der Waals surface area contributed by atoms with E-state index in [0.29, 0.717) is 0 Å². The number of hydrogen-bond donors (Lipinski definition) is 2. The number of nitrogens with one attached hydrogen (secondary N) is 1. The molecule has 9 rings (SSSR count). The molecular weight excluding hydrogens is 1310 g/mol. The van der Waals surface area contributed by atoms with Gasteiger partial charge in [-0.05, 0) is 165 Å². The molecule has 105 heavy (non-hydrogen) atoms. The van der Waals surface area contributed by atoms with Gasteiger partial charge in [0.25, 0.3) is 0 Å². The number of fused-ring (bicyclic) bond motifs is 3. The van der Waals surface area contributed by atoms with E-state index in [9.17, 15) is 33.6 Å². The highest BCUT2D eigenvalue weighted by molar-refractivity contribution is 5.92. The molecule has 0 heterocycles. The van der Waals surface area contributed by atoms with Gasteiger partial charge in [-0.3, -0.25) is 28.8 Å². The molecule has 0 fully saturated rings. The molecule has 8 aromatic carbocycles. The molecule has 554 valence electrons. The molecular formula is C91H108N2O12. The molecule has 0 saturated carbocycles. The van der Waals surface area contributed by atoms with Gasteiger partial charge >= 0.3 is 18.0 Å². The lowest BCUT2D eigenvalue weighted by atomic mass is 9.66. The molecule has 14 heteroatoms. The second-order valence-electron chi connectivity index (χ2n) is 31.6. The topological polar surface area (TPSA) is 204 Å². The van der Waals surface area contributed by atoms with E-state index in [1.807, 2.05) is 224 Å². The van der Waals surface area contributed by atoms with Crippen molar-refractivity contribution in [1.82, 2.24) is 5.32 Å². The fourth-order valence-electron chi connectivity index (χ4n) is 14.2. The van der Waals surface area contributed by atoms with Crippen LogP contribution in [0.5, 0.6) is 0 Å². The molecule has 0 radical (unpaired) electrons. The first-order chi connectivity index (χ1) is 49.7. The highest BCUT2D eigenvalue weighted by Crippen LogP contribution is 2.47. The number of carbonyl (C=O) groups excluding carboxylic acids is 7. The number of alkyl carbamates (subject to hydrolysis) is 1. The molecule has 0 saturated heterocycles. The van der Waals surface area contributed by atoms with Crippen LogP contribution in [0.3, 0.4) is 0 Å². The quantitative estimate of drug-likeness (QED) is 0.0236. The molecule has 6 atom stereocenters. The number of nitrogens with two attached hydrogens (primary N) is 1. The summed E-state index contributed by atoms with van der Waals surface area (Å²) >= 11 is 0. The van der Waals surface area contributed by atoms with Gasteiger partial charge in [0.15, 0.2) is 11.6 Å². The van der Waals surface area contributed by atoms with Gasteiger partial charge in [-0.15, -0.1) is 0 Å². The predicted octanol–water partition coefficient (Wildman–Crippen LogP) is 18.0. The predicted molar refractivity (Wildman–Crippen MR) is 415 cm³/mol. The Morgan fingerprint density at radius 3 is 1.00 bits per heavy atom. The lowest BCUT2D eigenvalue weighted by Gasteiger charge is -2.36. The van der Waals surface area contributed by atoms with E-state index in [1.54, 1.807) is 55.4 Å². The number of esters is 2. The van der Waals surface area contributed by atoms with Gasteiger partial charge in [-0.1, -0.05) is 231 Å². The summed E-state index contributed by atoms with van der Waals surface area (Å²) in [6, 6.07) is 74.1. The highest BCUT2D eigenvalue weighted by Gasteiger charge is 2.43. The fourth-order valence-corrected chi connectivity index (χ4v) is 14.2. The number of amides is 1. The van der Waals surface area contributed by atoms with Gasteiger partial charge in [-0.2, -0.15) is 0 Å². The van der Waals surface area contributed by atoms with Crippen molar-refractivity contribution in [3.05, 3.63) is 275 Å². The van der Waals surface area contributed by atoms with Gasteiger partial charge < -0.3 is 34.7 Å². The van der Waals surface area contributed by atoms with Crippen LogP contribution in [0.15, 0.2) is 231 Å². The summed E-state index contributed by atoms with van der Waals surface area (Å²) in [7, 11) is 0. The number of hydrogen-bond acceptors (Lipinski definition) is 13. The van der Waals surface area contributed by atoms with Crippen LogP contribution >= 0.6 is 0 Å². The summed E-state index contributed by atoms with van der Waals surface area (Å²) in [6.07, 6.45) is -1.85. The monoisotopic (exact) mass is 1420 g/mol. The van der Waals surface area contributed by atoms with Gasteiger partial charge in [0.1, 0.15) is 29.4 Å². The number of carbonyl (C=O) groups is 7. The summed E-state index contributed by atoms with van der Waals surface area (Å²) < 4.78 is 29.6. The maximum absolute atomic E-state index is 14.5. The van der Waals surface area contributed by atoms with Crippen molar-refractivity contribution in [2.75, 3.05) is 6.61 Å². The van der Waals surface area contributed by atoms with Crippen LogP contribution in [0.4, 0.5) is 4.79 Å². The molecule has 0 spiro atoms. The minimum atomic E-state index is -1.15. The lowest BCUT2D eigenvalue weighted by Crippen LogP contribution is -2.45. The van der Waals surface area contributed by atoms with Crippen molar-refractivity contribution in [3.8, 4) is 11.1 Å². The maximum atomic E-state index is 14.5. The van der Waals surface area contributed by atoms with Crippen LogP contribution in [-0.2, 0) is 63.3 Å². The number of ketones is 4. The minimum absolute atomic E-state index is 0.00191. The van der Waals surface area contributed by atoms with Crippen molar-refractivity contribution in [3.63, 3.8) is 0 Å². The van der Waals surface area contributed by atoms with Gasteiger partial charge in [-0.25, -0.2) is 4.79 Å². The Kier molecular flexibility index (Phi) is 27.9. The molecule has 3 N–H and O–H groups in total. The first-order valence-electron chi connectivity index (χ1n) is 36.8. The smallest absolute Gasteiger partial charge is 0.407 e. The summed E-state index contributed by atoms with van der Waals surface area (Å²) in [5.74, 6) is -3.88. The van der Waals surface area contributed by atoms with Gasteiger partial charge in [0.05, 0.1) is 58.2 Å². The number of rotatable bonds is 31. The SMILES string of the molecule is CC(OC(C)(C)C)[C@H](CC(=O)[C@@H](N)CCC(=O)CC(c1ccccc1)(c1ccccc1)c1ccccc1)C(=O)OC(C)(C)C.CC(OC(C)(C)C)[C@H](CC(=O)[C@H](CCC(=O)CC(c1ccccc1)(c1ccccc1)c1ccccc1)NC(=O)OCC1c2ccccc2-c2ccccc21)C(=O)OC(C)(C)C. The van der Waals surface area contributed by atoms with E-state index >= 15 is 0 Å². The molecule has 14 nitrogen and oxygen atoms in total. The van der Waals surface area contributed by atoms with Crippen molar-refractivity contribution in [1.29, 1.82) is 0 Å². The molecule has 0 aromatic heterocycles. The lowest BCUT2D eigenvalue weighted by molar-refractivity contribution is -0.172. The largest absolute Gasteiger partial charge is 0.460 e. The van der Waals surface area contributed by atoms with E-state index in [0.717, 1.165) is 55.6 Å². The van der Waals surface area contributed by atoms with Crippen LogP contribution in [0.25, 0.3) is 11.1 Å². The first-order valence-corrected chi connectivity index (χ1v) is 36.8. The van der Waals surface area contributed by atoms with E-state index in [-0.39, 0.29) is 81.2 Å². The molecule has 8 aromatic rings. The third kappa shape index (κ3) is 22.5. The first kappa shape index (κ1) is 81.2. The Balaban J connectivity index is 0.000000281. The minimum Gasteiger partial charge on any atom is -0.460 e. The standard InChI is InChI=1S/C53H59NO7.C38H49NO5/c1-36(60-51(2,3)4)45(49(57)61-52(5,6)7)33-48(56)47(54-50(58)59-35-46-43-29-19-17-27-41(43)42-28-18-20-30-44(42)46)32-31-40(55)34-53(37-21-11-8-12-22-37,38-23-13-9-14-24-38)39-25-15-10-16-26-39;1-27(43-36(2,3)4)32(35(42)44-37(5,6)7)25-34(41)33(39)24-23-31(40)26-38(28-17-11-8-12-18-28,29-19-13-9-14-20-29)30-21-15-10-16-22-30/h8-30,36,45-47H,31-35H2,1-7H3,(H,54,58);8-22,27,32-33H,23-26,39H2,1-7H3/t36?,45-,47-;27?,32-,33-/m00/s1. The van der Waals surface area contributed by atoms with Crippen molar-refractivity contribution in [2.24, 2.45) is 17.6 Å². The Bertz CT molecular complexity index is 3920. The van der Waals surface area contributed by atoms with E-state index in [4.69, 9.17) is 29.4 Å². The number of benzene rings is 8. The highest BCUT2D eigenvalue weighted by atomic mass is 16.6. The summed E-state index contributed by atoms with van der Waals surface area (Å²) in [5, 5.41) is 2.83. The zero-order valence-corrected chi connectivity index (χ0v) is 63.8. The van der Waals surface area contributed by atoms with E-state index in [2.05, 4.69) is 53.8 Å². The Labute approximate surface area is 622 Å². The Morgan fingerprint density at radius 1 is 0.390 bits per heavy atom. The third-order valence-corrected chi connectivity index (χ3v) is 18.9. The van der Waals surface area contributed by atoms with Crippen LogP contribution in [0.1, 0.15) is 199 Å². The Hall–Kier alpha value is -9.47. The van der Waals surface area contributed by atoms with Crippen LogP contribution < -0.4 is 11.1 Å². The summed E-state index contributed by atoms with van der Waals surface area (Å²) in [5.41, 5.74) is 12.4. The van der Waals surface area contributed by atoms with Crippen molar-refractivity contribution in [2.45, 2.75) is 212 Å². The molecule has 1 amide bonds. The van der Waals surface area contributed by atoms with E-state index < -0.39 is 93.2 Å². The third-order valence-electron chi connectivity index (χ3n) is 18.9.